The quantitative estimate of drug-likeness (QED) is 0.642. The Morgan fingerprint density at radius 1 is 1.62 bits per heavy atom. The molecule has 0 aromatic heterocycles. The molecule has 1 aliphatic heterocycles. The molecule has 1 saturated heterocycles. The van der Waals surface area contributed by atoms with E-state index in [1.54, 1.807) is 7.11 Å². The summed E-state index contributed by atoms with van der Waals surface area (Å²) in [6.45, 7) is 2.54. The van der Waals surface area contributed by atoms with Crippen LogP contribution < -0.4 is 5.32 Å². The molecule has 0 aliphatic carbocycles. The summed E-state index contributed by atoms with van der Waals surface area (Å²) in [6.07, 6.45) is 1.18. The van der Waals surface area contributed by atoms with E-state index in [1.807, 2.05) is 6.92 Å². The van der Waals surface area contributed by atoms with Gasteiger partial charge in [-0.2, -0.15) is 0 Å². The van der Waals surface area contributed by atoms with E-state index in [0.29, 0.717) is 13.0 Å². The number of ether oxygens (including phenoxy) is 1. The summed E-state index contributed by atoms with van der Waals surface area (Å²) in [5, 5.41) is 2.31. The standard InChI is InChI=1S/C9H15NO3/c1-3-6(5-13-2)7-4-8(11)10-9(7)12/h6-7H,3-5H2,1-2H3,(H,10,11,12). The van der Waals surface area contributed by atoms with Gasteiger partial charge in [0.1, 0.15) is 0 Å². The van der Waals surface area contributed by atoms with Gasteiger partial charge in [-0.1, -0.05) is 13.3 Å². The minimum absolute atomic E-state index is 0.145. The molecule has 0 aromatic rings. The lowest BCUT2D eigenvalue weighted by molar-refractivity contribution is -0.126. The third-order valence-electron chi connectivity index (χ3n) is 2.48. The van der Waals surface area contributed by atoms with Gasteiger partial charge in [0.25, 0.3) is 0 Å². The Labute approximate surface area is 77.6 Å². The minimum Gasteiger partial charge on any atom is -0.384 e. The average molecular weight is 185 g/mol. The molecule has 74 valence electrons. The number of rotatable bonds is 4. The van der Waals surface area contributed by atoms with Gasteiger partial charge in [-0.15, -0.1) is 0 Å². The first-order chi connectivity index (χ1) is 6.19. The van der Waals surface area contributed by atoms with E-state index in [0.717, 1.165) is 6.42 Å². The number of methoxy groups -OCH3 is 1. The highest BCUT2D eigenvalue weighted by atomic mass is 16.5. The van der Waals surface area contributed by atoms with Gasteiger partial charge in [0.2, 0.25) is 11.8 Å². The van der Waals surface area contributed by atoms with Crippen LogP contribution in [0.4, 0.5) is 0 Å². The van der Waals surface area contributed by atoms with Crippen LogP contribution in [0.3, 0.4) is 0 Å². The summed E-state index contributed by atoms with van der Waals surface area (Å²) in [7, 11) is 1.61. The Morgan fingerprint density at radius 3 is 2.69 bits per heavy atom. The van der Waals surface area contributed by atoms with Crippen LogP contribution >= 0.6 is 0 Å². The Balaban J connectivity index is 2.58. The predicted octanol–water partition coefficient (Wildman–Crippen LogP) is 0.322. The summed E-state index contributed by atoms with van der Waals surface area (Å²) < 4.78 is 5.00. The Bertz CT molecular complexity index is 215. The molecule has 1 heterocycles. The SMILES string of the molecule is CCC(COC)C1CC(=O)NC1=O. The van der Waals surface area contributed by atoms with Gasteiger partial charge in [0.15, 0.2) is 0 Å². The van der Waals surface area contributed by atoms with Crippen molar-refractivity contribution in [3.8, 4) is 0 Å². The summed E-state index contributed by atoms with van der Waals surface area (Å²) in [5.41, 5.74) is 0. The van der Waals surface area contributed by atoms with Crippen molar-refractivity contribution in [3.63, 3.8) is 0 Å². The molecule has 2 unspecified atom stereocenters. The highest BCUT2D eigenvalue weighted by Gasteiger charge is 2.35. The zero-order chi connectivity index (χ0) is 9.84. The molecule has 1 rings (SSSR count). The van der Waals surface area contributed by atoms with Gasteiger partial charge < -0.3 is 4.74 Å². The second-order valence-corrected chi connectivity index (χ2v) is 3.35. The van der Waals surface area contributed by atoms with Crippen LogP contribution in [-0.4, -0.2) is 25.5 Å². The molecule has 4 heteroatoms. The normalized spacial score (nSPS) is 24.6. The van der Waals surface area contributed by atoms with E-state index in [1.165, 1.54) is 0 Å². The van der Waals surface area contributed by atoms with E-state index >= 15 is 0 Å². The molecule has 1 aliphatic rings. The van der Waals surface area contributed by atoms with Crippen LogP contribution in [0.5, 0.6) is 0 Å². The molecule has 4 nitrogen and oxygen atoms in total. The molecule has 13 heavy (non-hydrogen) atoms. The maximum Gasteiger partial charge on any atom is 0.230 e. The molecule has 0 saturated carbocycles. The number of hydrogen-bond donors (Lipinski definition) is 1. The van der Waals surface area contributed by atoms with Gasteiger partial charge in [-0.25, -0.2) is 0 Å². The Hall–Kier alpha value is -0.900. The molecular weight excluding hydrogens is 170 g/mol. The third-order valence-corrected chi connectivity index (χ3v) is 2.48. The van der Waals surface area contributed by atoms with Crippen molar-refractivity contribution in [2.75, 3.05) is 13.7 Å². The lowest BCUT2D eigenvalue weighted by Crippen LogP contribution is -2.27. The molecule has 0 radical (unpaired) electrons. The third kappa shape index (κ3) is 2.28. The van der Waals surface area contributed by atoms with Crippen LogP contribution in [-0.2, 0) is 14.3 Å². The number of amides is 2. The van der Waals surface area contributed by atoms with E-state index in [-0.39, 0.29) is 23.7 Å². The van der Waals surface area contributed by atoms with E-state index < -0.39 is 0 Å². The van der Waals surface area contributed by atoms with Crippen LogP contribution in [0, 0.1) is 11.8 Å². The molecule has 1 N–H and O–H groups in total. The fourth-order valence-electron chi connectivity index (χ4n) is 1.69. The second-order valence-electron chi connectivity index (χ2n) is 3.35. The fourth-order valence-corrected chi connectivity index (χ4v) is 1.69. The predicted molar refractivity (Wildman–Crippen MR) is 46.9 cm³/mol. The monoisotopic (exact) mass is 185 g/mol. The summed E-state index contributed by atoms with van der Waals surface area (Å²) in [4.78, 5) is 22.2. The van der Waals surface area contributed by atoms with Crippen molar-refractivity contribution in [2.45, 2.75) is 19.8 Å². The minimum atomic E-state index is -0.183. The second kappa shape index (κ2) is 4.37. The lowest BCUT2D eigenvalue weighted by atomic mass is 9.89. The first-order valence-corrected chi connectivity index (χ1v) is 4.51. The molecule has 0 spiro atoms. The largest absolute Gasteiger partial charge is 0.384 e. The first kappa shape index (κ1) is 10.2. The molecule has 2 atom stereocenters. The van der Waals surface area contributed by atoms with E-state index in [2.05, 4.69) is 5.32 Å². The lowest BCUT2D eigenvalue weighted by Gasteiger charge is -2.17. The first-order valence-electron chi connectivity index (χ1n) is 4.51. The number of carbonyl (C=O) groups is 2. The Morgan fingerprint density at radius 2 is 2.31 bits per heavy atom. The van der Waals surface area contributed by atoms with Gasteiger partial charge >= 0.3 is 0 Å². The van der Waals surface area contributed by atoms with Crippen molar-refractivity contribution < 1.29 is 14.3 Å². The van der Waals surface area contributed by atoms with Crippen LogP contribution in [0.1, 0.15) is 19.8 Å². The summed E-state index contributed by atoms with van der Waals surface area (Å²) in [5.74, 6) is -0.327. The molecule has 2 amide bonds. The van der Waals surface area contributed by atoms with Crippen LogP contribution in [0.15, 0.2) is 0 Å². The zero-order valence-electron chi connectivity index (χ0n) is 8.00. The molecular formula is C9H15NO3. The Kier molecular flexibility index (Phi) is 3.42. The van der Waals surface area contributed by atoms with Crippen molar-refractivity contribution in [1.29, 1.82) is 0 Å². The maximum absolute atomic E-state index is 11.3. The van der Waals surface area contributed by atoms with E-state index in [4.69, 9.17) is 4.74 Å². The number of imide groups is 1. The molecule has 0 bridgehead atoms. The number of hydrogen-bond acceptors (Lipinski definition) is 3. The summed E-state index contributed by atoms with van der Waals surface area (Å²) >= 11 is 0. The van der Waals surface area contributed by atoms with E-state index in [9.17, 15) is 9.59 Å². The van der Waals surface area contributed by atoms with Crippen molar-refractivity contribution in [1.82, 2.24) is 5.32 Å². The molecule has 1 fully saturated rings. The summed E-state index contributed by atoms with van der Waals surface area (Å²) in [6, 6.07) is 0. The highest BCUT2D eigenvalue weighted by Crippen LogP contribution is 2.23. The average Bonchev–Trinajstić information content (AvgIpc) is 2.41. The smallest absolute Gasteiger partial charge is 0.230 e. The fraction of sp³-hybridized carbons (Fsp3) is 0.778. The number of nitrogens with one attached hydrogen (secondary N) is 1. The van der Waals surface area contributed by atoms with Crippen LogP contribution in [0.2, 0.25) is 0 Å². The van der Waals surface area contributed by atoms with Crippen molar-refractivity contribution >= 4 is 11.8 Å². The van der Waals surface area contributed by atoms with Gasteiger partial charge in [-0.05, 0) is 5.92 Å². The maximum atomic E-state index is 11.3. The van der Waals surface area contributed by atoms with Gasteiger partial charge in [0, 0.05) is 20.1 Å². The van der Waals surface area contributed by atoms with Gasteiger partial charge in [0.05, 0.1) is 5.92 Å². The van der Waals surface area contributed by atoms with Crippen molar-refractivity contribution in [3.05, 3.63) is 0 Å². The van der Waals surface area contributed by atoms with Gasteiger partial charge in [-0.3, -0.25) is 14.9 Å². The van der Waals surface area contributed by atoms with Crippen molar-refractivity contribution in [2.24, 2.45) is 11.8 Å². The highest BCUT2D eigenvalue weighted by molar-refractivity contribution is 6.03. The van der Waals surface area contributed by atoms with Crippen LogP contribution in [0.25, 0.3) is 0 Å². The zero-order valence-corrected chi connectivity index (χ0v) is 8.00. The number of carbonyl (C=O) groups excluding carboxylic acids is 2. The molecule has 0 aromatic carbocycles. The topological polar surface area (TPSA) is 55.4 Å².